The molecule has 0 spiro atoms. The standard InChI is InChI=1S/C13H16N2O2/c1-10(15-6-7-17-13(15)9-16)12-4-2-11(8-14)3-5-12/h2-5,9,13H,1,6-8,14H2. The Morgan fingerprint density at radius 3 is 2.82 bits per heavy atom. The Hall–Kier alpha value is -1.65. The van der Waals surface area contributed by atoms with Gasteiger partial charge in [0.1, 0.15) is 0 Å². The lowest BCUT2D eigenvalue weighted by molar-refractivity contribution is -0.119. The second-order valence-electron chi connectivity index (χ2n) is 3.94. The molecule has 1 unspecified atom stereocenters. The fraction of sp³-hybridized carbons (Fsp3) is 0.308. The van der Waals surface area contributed by atoms with Crippen LogP contribution in [0.4, 0.5) is 0 Å². The highest BCUT2D eigenvalue weighted by molar-refractivity contribution is 5.67. The van der Waals surface area contributed by atoms with Crippen molar-refractivity contribution in [1.82, 2.24) is 4.90 Å². The van der Waals surface area contributed by atoms with Crippen LogP contribution in [0.1, 0.15) is 11.1 Å². The van der Waals surface area contributed by atoms with Gasteiger partial charge in [0.25, 0.3) is 0 Å². The van der Waals surface area contributed by atoms with Gasteiger partial charge < -0.3 is 15.4 Å². The van der Waals surface area contributed by atoms with Crippen molar-refractivity contribution < 1.29 is 9.53 Å². The van der Waals surface area contributed by atoms with Crippen LogP contribution in [0.15, 0.2) is 30.8 Å². The molecular weight excluding hydrogens is 216 g/mol. The lowest BCUT2D eigenvalue weighted by Crippen LogP contribution is -2.29. The van der Waals surface area contributed by atoms with Gasteiger partial charge in [-0.2, -0.15) is 0 Å². The van der Waals surface area contributed by atoms with Crippen molar-refractivity contribution in [1.29, 1.82) is 0 Å². The fourth-order valence-corrected chi connectivity index (χ4v) is 1.89. The van der Waals surface area contributed by atoms with E-state index in [4.69, 9.17) is 10.5 Å². The lowest BCUT2D eigenvalue weighted by Gasteiger charge is -2.23. The number of ether oxygens (including phenoxy) is 1. The minimum atomic E-state index is -0.503. The predicted octanol–water partition coefficient (Wildman–Crippen LogP) is 0.973. The first-order valence-corrected chi connectivity index (χ1v) is 5.58. The fourth-order valence-electron chi connectivity index (χ4n) is 1.89. The number of nitrogens with two attached hydrogens (primary N) is 1. The third kappa shape index (κ3) is 2.38. The Morgan fingerprint density at radius 1 is 1.53 bits per heavy atom. The SMILES string of the molecule is C=C(c1ccc(CN)cc1)N1CCOC1C=O. The minimum Gasteiger partial charge on any atom is -0.349 e. The molecule has 90 valence electrons. The van der Waals surface area contributed by atoms with Crippen LogP contribution in [0.2, 0.25) is 0 Å². The Labute approximate surface area is 101 Å². The highest BCUT2D eigenvalue weighted by atomic mass is 16.5. The van der Waals surface area contributed by atoms with Gasteiger partial charge in [-0.05, 0) is 11.1 Å². The summed E-state index contributed by atoms with van der Waals surface area (Å²) in [7, 11) is 0. The van der Waals surface area contributed by atoms with Crippen molar-refractivity contribution in [2.45, 2.75) is 12.8 Å². The predicted molar refractivity (Wildman–Crippen MR) is 65.9 cm³/mol. The molecule has 0 amide bonds. The average molecular weight is 232 g/mol. The Kier molecular flexibility index (Phi) is 3.56. The van der Waals surface area contributed by atoms with Crippen LogP contribution < -0.4 is 5.73 Å². The summed E-state index contributed by atoms with van der Waals surface area (Å²) in [5.41, 5.74) is 8.41. The van der Waals surface area contributed by atoms with Crippen LogP contribution in [0.5, 0.6) is 0 Å². The molecule has 0 radical (unpaired) electrons. The van der Waals surface area contributed by atoms with E-state index in [1.54, 1.807) is 0 Å². The quantitative estimate of drug-likeness (QED) is 0.786. The number of aldehydes is 1. The van der Waals surface area contributed by atoms with Crippen molar-refractivity contribution in [3.63, 3.8) is 0 Å². The molecule has 1 aliphatic heterocycles. The summed E-state index contributed by atoms with van der Waals surface area (Å²) in [6, 6.07) is 7.86. The number of nitrogens with zero attached hydrogens (tertiary/aromatic N) is 1. The summed E-state index contributed by atoms with van der Waals surface area (Å²) in [4.78, 5) is 12.7. The van der Waals surface area contributed by atoms with Crippen LogP contribution in [0, 0.1) is 0 Å². The van der Waals surface area contributed by atoms with Crippen molar-refractivity contribution in [3.8, 4) is 0 Å². The maximum Gasteiger partial charge on any atom is 0.186 e. The van der Waals surface area contributed by atoms with Gasteiger partial charge in [0.15, 0.2) is 12.5 Å². The van der Waals surface area contributed by atoms with E-state index in [0.29, 0.717) is 19.7 Å². The first-order valence-electron chi connectivity index (χ1n) is 5.58. The number of carbonyl (C=O) groups excluding carboxylic acids is 1. The topological polar surface area (TPSA) is 55.6 Å². The zero-order valence-electron chi connectivity index (χ0n) is 9.63. The molecule has 2 rings (SSSR count). The summed E-state index contributed by atoms with van der Waals surface area (Å²) >= 11 is 0. The third-order valence-electron chi connectivity index (χ3n) is 2.91. The molecule has 4 nitrogen and oxygen atoms in total. The van der Waals surface area contributed by atoms with E-state index in [2.05, 4.69) is 6.58 Å². The molecule has 17 heavy (non-hydrogen) atoms. The van der Waals surface area contributed by atoms with Gasteiger partial charge in [-0.15, -0.1) is 0 Å². The highest BCUT2D eigenvalue weighted by Crippen LogP contribution is 2.23. The van der Waals surface area contributed by atoms with Crippen LogP contribution in [-0.2, 0) is 16.1 Å². The van der Waals surface area contributed by atoms with E-state index in [-0.39, 0.29) is 0 Å². The minimum absolute atomic E-state index is 0.503. The van der Waals surface area contributed by atoms with E-state index in [9.17, 15) is 4.79 Å². The Bertz CT molecular complexity index is 414. The Morgan fingerprint density at radius 2 is 2.24 bits per heavy atom. The summed E-state index contributed by atoms with van der Waals surface area (Å²) in [6.07, 6.45) is 0.295. The van der Waals surface area contributed by atoms with Gasteiger partial charge in [0, 0.05) is 18.8 Å². The summed E-state index contributed by atoms with van der Waals surface area (Å²) in [5, 5.41) is 0. The van der Waals surface area contributed by atoms with E-state index in [1.165, 1.54) is 0 Å². The molecular formula is C13H16N2O2. The number of benzene rings is 1. The molecule has 1 fully saturated rings. The smallest absolute Gasteiger partial charge is 0.186 e. The van der Waals surface area contributed by atoms with Crippen LogP contribution in [0.3, 0.4) is 0 Å². The first kappa shape index (κ1) is 11.8. The lowest BCUT2D eigenvalue weighted by atomic mass is 10.1. The zero-order valence-corrected chi connectivity index (χ0v) is 9.63. The number of hydrogen-bond donors (Lipinski definition) is 1. The molecule has 0 bridgehead atoms. The number of carbonyl (C=O) groups is 1. The molecule has 1 saturated heterocycles. The van der Waals surface area contributed by atoms with Gasteiger partial charge in [-0.3, -0.25) is 4.79 Å². The van der Waals surface area contributed by atoms with Crippen molar-refractivity contribution in [2.24, 2.45) is 5.73 Å². The van der Waals surface area contributed by atoms with Gasteiger partial charge in [0.05, 0.1) is 6.61 Å². The number of rotatable bonds is 4. The molecule has 1 aliphatic rings. The normalized spacial score (nSPS) is 19.4. The Balaban J connectivity index is 2.15. The summed E-state index contributed by atoms with van der Waals surface area (Å²) in [5.74, 6) is 0. The van der Waals surface area contributed by atoms with E-state index in [0.717, 1.165) is 23.1 Å². The molecule has 1 heterocycles. The molecule has 1 aromatic carbocycles. The summed E-state index contributed by atoms with van der Waals surface area (Å²) in [6.45, 7) is 5.79. The molecule has 2 N–H and O–H groups in total. The van der Waals surface area contributed by atoms with Crippen molar-refractivity contribution in [2.75, 3.05) is 13.2 Å². The van der Waals surface area contributed by atoms with Crippen molar-refractivity contribution >= 4 is 12.0 Å². The van der Waals surface area contributed by atoms with Crippen LogP contribution in [-0.4, -0.2) is 30.6 Å². The molecule has 0 saturated carbocycles. The summed E-state index contributed by atoms with van der Waals surface area (Å²) < 4.78 is 5.28. The van der Waals surface area contributed by atoms with Gasteiger partial charge in [-0.1, -0.05) is 30.8 Å². The molecule has 0 aliphatic carbocycles. The number of hydrogen-bond acceptors (Lipinski definition) is 4. The van der Waals surface area contributed by atoms with E-state index in [1.807, 2.05) is 29.2 Å². The maximum atomic E-state index is 10.8. The second kappa shape index (κ2) is 5.12. The van der Waals surface area contributed by atoms with Crippen LogP contribution in [0.25, 0.3) is 5.70 Å². The van der Waals surface area contributed by atoms with Gasteiger partial charge >= 0.3 is 0 Å². The van der Waals surface area contributed by atoms with Crippen LogP contribution >= 0.6 is 0 Å². The van der Waals surface area contributed by atoms with E-state index < -0.39 is 6.23 Å². The molecule has 1 atom stereocenters. The van der Waals surface area contributed by atoms with E-state index >= 15 is 0 Å². The molecule has 0 aromatic heterocycles. The van der Waals surface area contributed by atoms with Gasteiger partial charge in [0.2, 0.25) is 0 Å². The molecule has 4 heteroatoms. The first-order chi connectivity index (χ1) is 8.26. The maximum absolute atomic E-state index is 10.8. The van der Waals surface area contributed by atoms with Gasteiger partial charge in [-0.25, -0.2) is 0 Å². The average Bonchev–Trinajstić information content (AvgIpc) is 2.86. The largest absolute Gasteiger partial charge is 0.349 e. The monoisotopic (exact) mass is 232 g/mol. The second-order valence-corrected chi connectivity index (χ2v) is 3.94. The molecule has 1 aromatic rings. The van der Waals surface area contributed by atoms with Crippen molar-refractivity contribution in [3.05, 3.63) is 42.0 Å². The zero-order chi connectivity index (χ0) is 12.3. The third-order valence-corrected chi connectivity index (χ3v) is 2.91. The highest BCUT2D eigenvalue weighted by Gasteiger charge is 2.26.